The first kappa shape index (κ1) is 22.1. The monoisotopic (exact) mass is 433 g/mol. The molecule has 32 heavy (non-hydrogen) atoms. The van der Waals surface area contributed by atoms with Crippen LogP contribution in [0.4, 0.5) is 4.79 Å². The molecule has 0 radical (unpaired) electrons. The van der Waals surface area contributed by atoms with E-state index in [4.69, 9.17) is 0 Å². The van der Waals surface area contributed by atoms with E-state index in [1.54, 1.807) is 4.90 Å². The fourth-order valence-electron chi connectivity index (χ4n) is 4.80. The molecule has 1 fully saturated rings. The molecule has 1 saturated heterocycles. The molecule has 6 heteroatoms. The molecule has 4 rings (SSSR count). The first-order chi connectivity index (χ1) is 15.2. The van der Waals surface area contributed by atoms with Crippen LogP contribution in [0.25, 0.3) is 0 Å². The number of nitrogens with one attached hydrogen (secondary N) is 1. The summed E-state index contributed by atoms with van der Waals surface area (Å²) in [5, 5.41) is 2.96. The number of imide groups is 1. The summed E-state index contributed by atoms with van der Waals surface area (Å²) in [6.45, 7) is 6.04. The van der Waals surface area contributed by atoms with Crippen molar-refractivity contribution in [3.8, 4) is 0 Å². The number of aryl methyl sites for hydroxylation is 1. The SMILES string of the molecule is CC(C)(C)N(Cc1ccccc1)C(=O)CN1C(=O)NC2(CCCCc3ccccc32)C1=O. The smallest absolute Gasteiger partial charge is 0.325 e. The van der Waals surface area contributed by atoms with E-state index in [9.17, 15) is 14.4 Å². The lowest BCUT2D eigenvalue weighted by molar-refractivity contribution is -0.142. The molecule has 0 bridgehead atoms. The highest BCUT2D eigenvalue weighted by Gasteiger charge is 2.54. The van der Waals surface area contributed by atoms with Crippen molar-refractivity contribution in [1.82, 2.24) is 15.1 Å². The number of carbonyl (C=O) groups excluding carboxylic acids is 3. The fraction of sp³-hybridized carbons (Fsp3) is 0.423. The Hall–Kier alpha value is -3.15. The third-order valence-electron chi connectivity index (χ3n) is 6.49. The number of fused-ring (bicyclic) bond motifs is 2. The third-order valence-corrected chi connectivity index (χ3v) is 6.49. The number of benzene rings is 2. The van der Waals surface area contributed by atoms with E-state index in [1.165, 1.54) is 0 Å². The molecule has 2 aliphatic rings. The molecule has 0 aromatic heterocycles. The zero-order valence-electron chi connectivity index (χ0n) is 19.1. The molecular weight excluding hydrogens is 402 g/mol. The molecule has 168 valence electrons. The topological polar surface area (TPSA) is 69.7 Å². The maximum absolute atomic E-state index is 13.6. The number of nitrogens with zero attached hydrogens (tertiary/aromatic N) is 2. The lowest BCUT2D eigenvalue weighted by Crippen LogP contribution is -2.50. The van der Waals surface area contributed by atoms with Crippen molar-refractivity contribution in [2.24, 2.45) is 0 Å². The summed E-state index contributed by atoms with van der Waals surface area (Å²) in [5.74, 6) is -0.567. The molecule has 1 atom stereocenters. The highest BCUT2D eigenvalue weighted by Crippen LogP contribution is 2.39. The van der Waals surface area contributed by atoms with Crippen LogP contribution in [0.15, 0.2) is 54.6 Å². The van der Waals surface area contributed by atoms with Gasteiger partial charge in [0.05, 0.1) is 0 Å². The number of urea groups is 1. The Kier molecular flexibility index (Phi) is 5.80. The Labute approximate surface area is 189 Å². The van der Waals surface area contributed by atoms with Crippen molar-refractivity contribution >= 4 is 17.8 Å². The first-order valence-electron chi connectivity index (χ1n) is 11.3. The van der Waals surface area contributed by atoms with E-state index in [-0.39, 0.29) is 18.4 Å². The highest BCUT2D eigenvalue weighted by molar-refractivity contribution is 6.09. The van der Waals surface area contributed by atoms with Gasteiger partial charge in [-0.1, -0.05) is 54.6 Å². The van der Waals surface area contributed by atoms with Crippen LogP contribution in [-0.4, -0.2) is 39.7 Å². The van der Waals surface area contributed by atoms with Crippen LogP contribution in [0.5, 0.6) is 0 Å². The van der Waals surface area contributed by atoms with E-state index in [0.717, 1.165) is 40.9 Å². The average molecular weight is 434 g/mol. The van der Waals surface area contributed by atoms with Gasteiger partial charge in [-0.05, 0) is 63.1 Å². The predicted octanol–water partition coefficient (Wildman–Crippen LogP) is 3.99. The molecule has 0 saturated carbocycles. The molecule has 4 amide bonds. The molecule has 1 unspecified atom stereocenters. The second-order valence-electron chi connectivity index (χ2n) is 9.73. The minimum absolute atomic E-state index is 0.246. The maximum atomic E-state index is 13.6. The average Bonchev–Trinajstić information content (AvgIpc) is 2.90. The Balaban J connectivity index is 1.60. The van der Waals surface area contributed by atoms with E-state index in [1.807, 2.05) is 75.4 Å². The summed E-state index contributed by atoms with van der Waals surface area (Å²) < 4.78 is 0. The van der Waals surface area contributed by atoms with E-state index in [2.05, 4.69) is 5.32 Å². The van der Waals surface area contributed by atoms with Crippen molar-refractivity contribution in [3.05, 3.63) is 71.3 Å². The first-order valence-corrected chi connectivity index (χ1v) is 11.3. The normalized spacial score (nSPS) is 20.7. The van der Waals surface area contributed by atoms with E-state index in [0.29, 0.717) is 13.0 Å². The van der Waals surface area contributed by atoms with E-state index < -0.39 is 17.1 Å². The zero-order valence-corrected chi connectivity index (χ0v) is 19.1. The third kappa shape index (κ3) is 4.01. The van der Waals surface area contributed by atoms with Gasteiger partial charge in [-0.3, -0.25) is 14.5 Å². The van der Waals surface area contributed by atoms with Crippen LogP contribution in [0, 0.1) is 0 Å². The standard InChI is InChI=1S/C26H31N3O3/c1-25(2,3)29(17-19-11-5-4-6-12-19)22(30)18-28-23(31)26(27-24(28)32)16-10-9-14-20-13-7-8-15-21(20)26/h4-8,11-13,15H,9-10,14,16-18H2,1-3H3,(H,27,32). The van der Waals surface area contributed by atoms with Gasteiger partial charge in [0, 0.05) is 12.1 Å². The summed E-state index contributed by atoms with van der Waals surface area (Å²) in [5.41, 5.74) is 1.42. The molecule has 6 nitrogen and oxygen atoms in total. The molecular formula is C26H31N3O3. The van der Waals surface area contributed by atoms with Crippen LogP contribution in [0.1, 0.15) is 56.7 Å². The zero-order chi connectivity index (χ0) is 22.9. The lowest BCUT2D eigenvalue weighted by atomic mass is 9.84. The van der Waals surface area contributed by atoms with Gasteiger partial charge < -0.3 is 10.2 Å². The van der Waals surface area contributed by atoms with Gasteiger partial charge in [-0.2, -0.15) is 0 Å². The molecule has 2 aromatic carbocycles. The largest absolute Gasteiger partial charge is 0.332 e. The Morgan fingerprint density at radius 2 is 1.72 bits per heavy atom. The van der Waals surface area contributed by atoms with Gasteiger partial charge in [0.1, 0.15) is 12.1 Å². The van der Waals surface area contributed by atoms with Crippen LogP contribution in [-0.2, 0) is 28.1 Å². The number of rotatable bonds is 4. The van der Waals surface area contributed by atoms with Gasteiger partial charge in [0.15, 0.2) is 0 Å². The van der Waals surface area contributed by atoms with Crippen LogP contribution in [0.2, 0.25) is 0 Å². The summed E-state index contributed by atoms with van der Waals surface area (Å²) >= 11 is 0. The van der Waals surface area contributed by atoms with Gasteiger partial charge in [-0.25, -0.2) is 4.79 Å². The van der Waals surface area contributed by atoms with Crippen LogP contribution >= 0.6 is 0 Å². The van der Waals surface area contributed by atoms with Crippen molar-refractivity contribution in [2.45, 2.75) is 64.1 Å². The Bertz CT molecular complexity index is 1030. The number of hydrogen-bond donors (Lipinski definition) is 1. The van der Waals surface area contributed by atoms with Crippen molar-refractivity contribution in [3.63, 3.8) is 0 Å². The summed E-state index contributed by atoms with van der Waals surface area (Å²) in [6, 6.07) is 17.1. The number of amides is 4. The highest BCUT2D eigenvalue weighted by atomic mass is 16.2. The summed E-state index contributed by atoms with van der Waals surface area (Å²) in [4.78, 5) is 42.8. The second-order valence-corrected chi connectivity index (χ2v) is 9.73. The van der Waals surface area contributed by atoms with Gasteiger partial charge in [-0.15, -0.1) is 0 Å². The minimum atomic E-state index is -1.07. The van der Waals surface area contributed by atoms with Gasteiger partial charge >= 0.3 is 6.03 Å². The van der Waals surface area contributed by atoms with Gasteiger partial charge in [0.25, 0.3) is 5.91 Å². The van der Waals surface area contributed by atoms with Crippen molar-refractivity contribution in [2.75, 3.05) is 6.54 Å². The summed E-state index contributed by atoms with van der Waals surface area (Å²) in [7, 11) is 0. The van der Waals surface area contributed by atoms with Crippen molar-refractivity contribution in [1.29, 1.82) is 0 Å². The lowest BCUT2D eigenvalue weighted by Gasteiger charge is -2.36. The Morgan fingerprint density at radius 3 is 2.44 bits per heavy atom. The minimum Gasteiger partial charge on any atom is -0.332 e. The predicted molar refractivity (Wildman–Crippen MR) is 123 cm³/mol. The van der Waals surface area contributed by atoms with Crippen LogP contribution < -0.4 is 5.32 Å². The van der Waals surface area contributed by atoms with E-state index >= 15 is 0 Å². The molecule has 2 aromatic rings. The molecule has 1 aliphatic heterocycles. The quantitative estimate of drug-likeness (QED) is 0.742. The molecule has 1 aliphatic carbocycles. The molecule has 1 heterocycles. The maximum Gasteiger partial charge on any atom is 0.325 e. The molecule has 1 N–H and O–H groups in total. The van der Waals surface area contributed by atoms with Crippen molar-refractivity contribution < 1.29 is 14.4 Å². The number of carbonyl (C=O) groups is 3. The fourth-order valence-corrected chi connectivity index (χ4v) is 4.80. The summed E-state index contributed by atoms with van der Waals surface area (Å²) in [6.07, 6.45) is 3.24. The molecule has 1 spiro atoms. The Morgan fingerprint density at radius 1 is 1.03 bits per heavy atom. The van der Waals surface area contributed by atoms with Gasteiger partial charge in [0.2, 0.25) is 5.91 Å². The second kappa shape index (κ2) is 8.41. The number of hydrogen-bond acceptors (Lipinski definition) is 3. The van der Waals surface area contributed by atoms with Crippen LogP contribution in [0.3, 0.4) is 0 Å².